The largest absolute Gasteiger partial charge is 0.471 e. The number of nitrogens with two attached hydrogens (primary N) is 2. The molecule has 0 saturated heterocycles. The molecule has 0 aliphatic carbocycles. The standard InChI is InChI=1S/C15H16N4O3S.C2H4O2/c1-8-2-4-9(5-3-8)13(21)18-11-7-6-10(12(16)20)14(23-11)19-15(17)22;1-4-2-3/h2-5,7H,6H2,1H3,(H2,16,20)(H,18,21)(H3,17,19,22);2H,1H3. The summed E-state index contributed by atoms with van der Waals surface area (Å²) in [7, 11) is 1.31. The number of methoxy groups -OCH3 is 1. The molecular weight excluding hydrogens is 372 g/mol. The molecule has 0 spiro atoms. The van der Waals surface area contributed by atoms with Crippen LogP contribution < -0.4 is 22.1 Å². The predicted molar refractivity (Wildman–Crippen MR) is 101 cm³/mol. The lowest BCUT2D eigenvalue weighted by Gasteiger charge is -2.19. The summed E-state index contributed by atoms with van der Waals surface area (Å²) in [5.74, 6) is -0.939. The second-order valence-electron chi connectivity index (χ2n) is 5.19. The molecule has 4 amide bonds. The van der Waals surface area contributed by atoms with Crippen molar-refractivity contribution in [2.24, 2.45) is 11.5 Å². The molecule has 1 aliphatic heterocycles. The first-order chi connectivity index (χ1) is 12.8. The second kappa shape index (κ2) is 10.7. The van der Waals surface area contributed by atoms with Crippen molar-refractivity contribution in [2.45, 2.75) is 13.3 Å². The molecule has 9 nitrogen and oxygen atoms in total. The fourth-order valence-electron chi connectivity index (χ4n) is 1.89. The molecule has 0 radical (unpaired) electrons. The van der Waals surface area contributed by atoms with Gasteiger partial charge in [-0.2, -0.15) is 0 Å². The Hall–Kier alpha value is -3.27. The molecule has 0 bridgehead atoms. The van der Waals surface area contributed by atoms with Crippen molar-refractivity contribution >= 4 is 36.1 Å². The van der Waals surface area contributed by atoms with Gasteiger partial charge >= 0.3 is 6.03 Å². The molecule has 0 aromatic heterocycles. The van der Waals surface area contributed by atoms with Crippen molar-refractivity contribution in [3.8, 4) is 0 Å². The van der Waals surface area contributed by atoms with Crippen molar-refractivity contribution in [2.75, 3.05) is 7.11 Å². The fourth-order valence-corrected chi connectivity index (χ4v) is 2.88. The van der Waals surface area contributed by atoms with Gasteiger partial charge in [0, 0.05) is 12.0 Å². The zero-order valence-corrected chi connectivity index (χ0v) is 15.6. The summed E-state index contributed by atoms with van der Waals surface area (Å²) in [6.45, 7) is 2.30. The van der Waals surface area contributed by atoms with E-state index in [1.165, 1.54) is 7.11 Å². The van der Waals surface area contributed by atoms with E-state index in [1.54, 1.807) is 18.2 Å². The molecule has 2 rings (SSSR count). The maximum Gasteiger partial charge on any atom is 0.317 e. The van der Waals surface area contributed by atoms with Crippen molar-refractivity contribution in [3.63, 3.8) is 0 Å². The first-order valence-electron chi connectivity index (χ1n) is 7.60. The van der Waals surface area contributed by atoms with Gasteiger partial charge in [-0.05, 0) is 25.1 Å². The third kappa shape index (κ3) is 7.24. The topological polar surface area (TPSA) is 154 Å². The molecule has 1 heterocycles. The fraction of sp³-hybridized carbons (Fsp3) is 0.176. The highest BCUT2D eigenvalue weighted by Crippen LogP contribution is 2.31. The molecular formula is C17H20N4O5S. The Morgan fingerprint density at radius 1 is 1.15 bits per heavy atom. The van der Waals surface area contributed by atoms with Crippen LogP contribution in [0.3, 0.4) is 0 Å². The number of ether oxygens (including phenoxy) is 1. The Morgan fingerprint density at radius 2 is 1.74 bits per heavy atom. The Bertz CT molecular complexity index is 787. The first kappa shape index (κ1) is 21.8. The number of aryl methyl sites for hydroxylation is 1. The molecule has 10 heteroatoms. The van der Waals surface area contributed by atoms with Gasteiger partial charge in [-0.3, -0.25) is 14.4 Å². The maximum atomic E-state index is 12.2. The van der Waals surface area contributed by atoms with Gasteiger partial charge in [0.25, 0.3) is 12.4 Å². The number of thioether (sulfide) groups is 1. The summed E-state index contributed by atoms with van der Waals surface area (Å²) >= 11 is 1.02. The Kier molecular flexibility index (Phi) is 8.60. The lowest BCUT2D eigenvalue weighted by atomic mass is 10.1. The van der Waals surface area contributed by atoms with Gasteiger partial charge in [0.1, 0.15) is 0 Å². The Morgan fingerprint density at radius 3 is 2.22 bits per heavy atom. The minimum atomic E-state index is -0.808. The number of carbonyl (C=O) groups is 4. The minimum absolute atomic E-state index is 0.196. The van der Waals surface area contributed by atoms with Gasteiger partial charge in [0.15, 0.2) is 0 Å². The zero-order valence-electron chi connectivity index (χ0n) is 14.8. The van der Waals surface area contributed by atoms with Crippen LogP contribution in [0.5, 0.6) is 0 Å². The molecule has 1 aromatic rings. The van der Waals surface area contributed by atoms with E-state index >= 15 is 0 Å². The molecule has 1 aliphatic rings. The average molecular weight is 392 g/mol. The highest BCUT2D eigenvalue weighted by Gasteiger charge is 2.21. The van der Waals surface area contributed by atoms with Crippen LogP contribution >= 0.6 is 11.8 Å². The number of carbonyl (C=O) groups excluding carboxylic acids is 4. The Labute approximate surface area is 160 Å². The third-order valence-corrected chi connectivity index (χ3v) is 4.20. The summed E-state index contributed by atoms with van der Waals surface area (Å²) in [6, 6.07) is 6.29. The summed E-state index contributed by atoms with van der Waals surface area (Å²) < 4.78 is 3.86. The third-order valence-electron chi connectivity index (χ3n) is 3.16. The van der Waals surface area contributed by atoms with Gasteiger partial charge in [-0.1, -0.05) is 29.5 Å². The molecule has 0 atom stereocenters. The number of allylic oxidation sites excluding steroid dienone is 1. The van der Waals surface area contributed by atoms with E-state index in [9.17, 15) is 14.4 Å². The van der Waals surface area contributed by atoms with Crippen molar-refractivity contribution in [3.05, 3.63) is 57.1 Å². The van der Waals surface area contributed by atoms with Crippen LogP contribution in [0.4, 0.5) is 4.79 Å². The van der Waals surface area contributed by atoms with Gasteiger partial charge in [0.2, 0.25) is 5.91 Å². The molecule has 1 aromatic carbocycles. The molecule has 0 fully saturated rings. The van der Waals surface area contributed by atoms with Crippen LogP contribution in [0.25, 0.3) is 0 Å². The zero-order chi connectivity index (χ0) is 20.4. The summed E-state index contributed by atoms with van der Waals surface area (Å²) in [5.41, 5.74) is 12.1. The smallest absolute Gasteiger partial charge is 0.317 e. The molecule has 0 unspecified atom stereocenters. The molecule has 6 N–H and O–H groups in total. The first-order valence-corrected chi connectivity index (χ1v) is 8.42. The van der Waals surface area contributed by atoms with Crippen molar-refractivity contribution < 1.29 is 23.9 Å². The van der Waals surface area contributed by atoms with E-state index in [-0.39, 0.29) is 22.9 Å². The van der Waals surface area contributed by atoms with Gasteiger partial charge in [-0.15, -0.1) is 0 Å². The number of amides is 4. The number of rotatable bonds is 5. The number of urea groups is 1. The van der Waals surface area contributed by atoms with Crippen molar-refractivity contribution in [1.82, 2.24) is 10.6 Å². The van der Waals surface area contributed by atoms with E-state index < -0.39 is 11.9 Å². The summed E-state index contributed by atoms with van der Waals surface area (Å²) in [6.07, 6.45) is 1.85. The highest BCUT2D eigenvalue weighted by atomic mass is 32.2. The number of benzene rings is 1. The van der Waals surface area contributed by atoms with E-state index in [0.29, 0.717) is 17.1 Å². The predicted octanol–water partition coefficient (Wildman–Crippen LogP) is 0.858. The van der Waals surface area contributed by atoms with E-state index in [0.717, 1.165) is 17.3 Å². The number of hydrogen-bond donors (Lipinski definition) is 4. The number of hydrogen-bond acceptors (Lipinski definition) is 6. The van der Waals surface area contributed by atoms with Crippen LogP contribution in [0, 0.1) is 6.92 Å². The van der Waals surface area contributed by atoms with E-state index in [1.807, 2.05) is 19.1 Å². The molecule has 0 saturated carbocycles. The van der Waals surface area contributed by atoms with Crippen LogP contribution in [0.1, 0.15) is 22.3 Å². The van der Waals surface area contributed by atoms with Gasteiger partial charge in [0.05, 0.1) is 22.7 Å². The van der Waals surface area contributed by atoms with Crippen LogP contribution in [-0.2, 0) is 14.3 Å². The number of primary amides is 2. The average Bonchev–Trinajstić information content (AvgIpc) is 2.62. The van der Waals surface area contributed by atoms with Gasteiger partial charge in [-0.25, -0.2) is 4.79 Å². The lowest BCUT2D eigenvalue weighted by Crippen LogP contribution is -2.32. The van der Waals surface area contributed by atoms with Crippen LogP contribution in [-0.4, -0.2) is 31.4 Å². The van der Waals surface area contributed by atoms with Gasteiger partial charge < -0.3 is 26.8 Å². The van der Waals surface area contributed by atoms with Crippen LogP contribution in [0.15, 0.2) is 46.0 Å². The number of nitrogens with one attached hydrogen (secondary N) is 2. The quantitative estimate of drug-likeness (QED) is 0.545. The Balaban J connectivity index is 0.000000828. The summed E-state index contributed by atoms with van der Waals surface area (Å²) in [5, 5.41) is 5.79. The highest BCUT2D eigenvalue weighted by molar-refractivity contribution is 8.06. The normalized spacial score (nSPS) is 12.7. The van der Waals surface area contributed by atoms with E-state index in [2.05, 4.69) is 15.4 Å². The molecule has 144 valence electrons. The van der Waals surface area contributed by atoms with Crippen molar-refractivity contribution in [1.29, 1.82) is 0 Å². The lowest BCUT2D eigenvalue weighted by molar-refractivity contribution is -0.126. The van der Waals surface area contributed by atoms with E-state index in [4.69, 9.17) is 16.3 Å². The second-order valence-corrected chi connectivity index (χ2v) is 6.24. The van der Waals surface area contributed by atoms with Crippen LogP contribution in [0.2, 0.25) is 0 Å². The SMILES string of the molecule is COC=O.Cc1ccc(C(=O)NC2=CCC(C(N)=O)=C(NC(N)=O)S2)cc1. The minimum Gasteiger partial charge on any atom is -0.471 e. The maximum absolute atomic E-state index is 12.2. The summed E-state index contributed by atoms with van der Waals surface area (Å²) in [4.78, 5) is 43.5. The monoisotopic (exact) mass is 392 g/mol. The molecule has 27 heavy (non-hydrogen) atoms.